The number of rotatable bonds is 7. The predicted molar refractivity (Wildman–Crippen MR) is 94.2 cm³/mol. The highest BCUT2D eigenvalue weighted by Crippen LogP contribution is 2.16. The number of primary sulfonamides is 1. The van der Waals surface area contributed by atoms with E-state index in [9.17, 15) is 21.6 Å². The summed E-state index contributed by atoms with van der Waals surface area (Å²) in [6.45, 7) is 0.666. The Kier molecular flexibility index (Phi) is 6.20. The standard InChI is InChI=1S/C15H23N3O5S2/c1-18(13-7-9-24(20,21)11-13)15(19)10-17-8-6-12-2-4-14(5-3-12)25(16,22)23/h2-5,13,17H,6-11H2,1H3,(H2,16,22,23). The van der Waals surface area contributed by atoms with Gasteiger partial charge < -0.3 is 10.2 Å². The molecular weight excluding hydrogens is 366 g/mol. The molecule has 0 saturated carbocycles. The van der Waals surface area contributed by atoms with Crippen LogP contribution < -0.4 is 10.5 Å². The molecule has 3 N–H and O–H groups in total. The fourth-order valence-electron chi connectivity index (χ4n) is 2.68. The number of nitrogens with zero attached hydrogens (tertiary/aromatic N) is 1. The van der Waals surface area contributed by atoms with E-state index in [1.54, 1.807) is 19.2 Å². The molecular formula is C15H23N3O5S2. The van der Waals surface area contributed by atoms with Crippen molar-refractivity contribution in [3.05, 3.63) is 29.8 Å². The number of benzene rings is 1. The summed E-state index contributed by atoms with van der Waals surface area (Å²) in [5, 5.41) is 8.06. The Bertz CT molecular complexity index is 819. The van der Waals surface area contributed by atoms with E-state index in [1.165, 1.54) is 17.0 Å². The molecule has 0 radical (unpaired) electrons. The van der Waals surface area contributed by atoms with Crippen LogP contribution in [-0.2, 0) is 31.1 Å². The summed E-state index contributed by atoms with van der Waals surface area (Å²) >= 11 is 0. The van der Waals surface area contributed by atoms with Gasteiger partial charge in [0.1, 0.15) is 0 Å². The Morgan fingerprint density at radius 2 is 1.96 bits per heavy atom. The lowest BCUT2D eigenvalue weighted by atomic mass is 10.1. The molecule has 1 amide bonds. The first kappa shape index (κ1) is 19.8. The molecule has 1 aromatic rings. The van der Waals surface area contributed by atoms with Crippen molar-refractivity contribution >= 4 is 25.8 Å². The van der Waals surface area contributed by atoms with Gasteiger partial charge in [-0.2, -0.15) is 0 Å². The van der Waals surface area contributed by atoms with Gasteiger partial charge in [0.2, 0.25) is 15.9 Å². The number of nitrogens with two attached hydrogens (primary N) is 1. The van der Waals surface area contributed by atoms with Crippen LogP contribution in [0.4, 0.5) is 0 Å². The normalized spacial score (nSPS) is 19.7. The van der Waals surface area contributed by atoms with Gasteiger partial charge in [-0.25, -0.2) is 22.0 Å². The highest BCUT2D eigenvalue weighted by Gasteiger charge is 2.32. The number of sulfone groups is 1. The maximum absolute atomic E-state index is 12.1. The number of amides is 1. The topological polar surface area (TPSA) is 127 Å². The molecule has 2 rings (SSSR count). The SMILES string of the molecule is CN(C(=O)CNCCc1ccc(S(N)(=O)=O)cc1)C1CCS(=O)(=O)C1. The molecule has 1 aromatic carbocycles. The third kappa shape index (κ3) is 5.77. The maximum atomic E-state index is 12.1. The van der Waals surface area contributed by atoms with E-state index in [0.717, 1.165) is 5.56 Å². The highest BCUT2D eigenvalue weighted by molar-refractivity contribution is 7.91. The van der Waals surface area contributed by atoms with E-state index in [-0.39, 0.29) is 34.9 Å². The summed E-state index contributed by atoms with van der Waals surface area (Å²) in [6.07, 6.45) is 1.11. The molecule has 0 spiro atoms. The van der Waals surface area contributed by atoms with Crippen LogP contribution in [0.2, 0.25) is 0 Å². The minimum absolute atomic E-state index is 0.0334. The van der Waals surface area contributed by atoms with Gasteiger partial charge in [-0.05, 0) is 37.1 Å². The molecule has 1 aliphatic rings. The number of sulfonamides is 1. The molecule has 1 saturated heterocycles. The molecule has 1 heterocycles. The van der Waals surface area contributed by atoms with Crippen molar-refractivity contribution in [3.8, 4) is 0 Å². The van der Waals surface area contributed by atoms with Crippen LogP contribution in [0.5, 0.6) is 0 Å². The molecule has 8 nitrogen and oxygen atoms in total. The van der Waals surface area contributed by atoms with E-state index >= 15 is 0 Å². The molecule has 10 heteroatoms. The Morgan fingerprint density at radius 3 is 2.48 bits per heavy atom. The molecule has 1 unspecified atom stereocenters. The fraction of sp³-hybridized carbons (Fsp3) is 0.533. The quantitative estimate of drug-likeness (QED) is 0.583. The Labute approximate surface area is 148 Å². The van der Waals surface area contributed by atoms with Gasteiger partial charge in [0.05, 0.1) is 22.9 Å². The number of carbonyl (C=O) groups excluding carboxylic acids is 1. The summed E-state index contributed by atoms with van der Waals surface area (Å²) in [5.74, 6) is 0.0229. The van der Waals surface area contributed by atoms with E-state index < -0.39 is 19.9 Å². The van der Waals surface area contributed by atoms with Gasteiger partial charge in [-0.1, -0.05) is 12.1 Å². The molecule has 0 aromatic heterocycles. The van der Waals surface area contributed by atoms with Crippen molar-refractivity contribution in [2.45, 2.75) is 23.8 Å². The van der Waals surface area contributed by atoms with Gasteiger partial charge >= 0.3 is 0 Å². The number of hydrogen-bond donors (Lipinski definition) is 2. The van der Waals surface area contributed by atoms with Gasteiger partial charge in [-0.3, -0.25) is 4.79 Å². The number of nitrogens with one attached hydrogen (secondary N) is 1. The minimum atomic E-state index is -3.69. The zero-order chi connectivity index (χ0) is 18.7. The average molecular weight is 389 g/mol. The lowest BCUT2D eigenvalue weighted by Crippen LogP contribution is -2.42. The summed E-state index contributed by atoms with van der Waals surface area (Å²) in [7, 11) is -5.08. The van der Waals surface area contributed by atoms with Crippen LogP contribution >= 0.6 is 0 Å². The highest BCUT2D eigenvalue weighted by atomic mass is 32.2. The van der Waals surface area contributed by atoms with E-state index in [4.69, 9.17) is 5.14 Å². The van der Waals surface area contributed by atoms with Gasteiger partial charge in [0.15, 0.2) is 9.84 Å². The van der Waals surface area contributed by atoms with Crippen LogP contribution in [0.1, 0.15) is 12.0 Å². The van der Waals surface area contributed by atoms with Crippen molar-refractivity contribution in [2.24, 2.45) is 5.14 Å². The van der Waals surface area contributed by atoms with Crippen LogP contribution in [0.15, 0.2) is 29.2 Å². The van der Waals surface area contributed by atoms with Crippen LogP contribution in [-0.4, -0.2) is 65.3 Å². The molecule has 1 aliphatic heterocycles. The first-order valence-corrected chi connectivity index (χ1v) is 11.2. The molecule has 1 fully saturated rings. The van der Waals surface area contributed by atoms with Crippen molar-refractivity contribution in [3.63, 3.8) is 0 Å². The average Bonchev–Trinajstić information content (AvgIpc) is 2.90. The molecule has 1 atom stereocenters. The summed E-state index contributed by atoms with van der Waals surface area (Å²) in [6, 6.07) is 6.01. The van der Waals surface area contributed by atoms with Gasteiger partial charge in [0, 0.05) is 13.1 Å². The van der Waals surface area contributed by atoms with E-state index in [0.29, 0.717) is 19.4 Å². The lowest BCUT2D eigenvalue weighted by molar-refractivity contribution is -0.130. The van der Waals surface area contributed by atoms with Crippen molar-refractivity contribution in [1.29, 1.82) is 0 Å². The summed E-state index contributed by atoms with van der Waals surface area (Å²) in [4.78, 5) is 13.7. The zero-order valence-electron chi connectivity index (χ0n) is 14.0. The Morgan fingerprint density at radius 1 is 1.32 bits per heavy atom. The van der Waals surface area contributed by atoms with Gasteiger partial charge in [-0.15, -0.1) is 0 Å². The third-order valence-electron chi connectivity index (χ3n) is 4.27. The van der Waals surface area contributed by atoms with E-state index in [2.05, 4.69) is 5.32 Å². The second kappa shape index (κ2) is 7.81. The van der Waals surface area contributed by atoms with Gasteiger partial charge in [0.25, 0.3) is 0 Å². The second-order valence-corrected chi connectivity index (χ2v) is 9.97. The second-order valence-electron chi connectivity index (χ2n) is 6.18. The molecule has 25 heavy (non-hydrogen) atoms. The first-order valence-electron chi connectivity index (χ1n) is 7.87. The van der Waals surface area contributed by atoms with Crippen LogP contribution in [0.3, 0.4) is 0 Å². The van der Waals surface area contributed by atoms with Crippen molar-refractivity contribution in [1.82, 2.24) is 10.2 Å². The van der Waals surface area contributed by atoms with Crippen molar-refractivity contribution < 1.29 is 21.6 Å². The minimum Gasteiger partial charge on any atom is -0.341 e. The molecule has 140 valence electrons. The number of carbonyl (C=O) groups is 1. The molecule has 0 aliphatic carbocycles. The van der Waals surface area contributed by atoms with Crippen LogP contribution in [0.25, 0.3) is 0 Å². The summed E-state index contributed by atoms with van der Waals surface area (Å²) < 4.78 is 45.3. The zero-order valence-corrected chi connectivity index (χ0v) is 15.6. The lowest BCUT2D eigenvalue weighted by Gasteiger charge is -2.23. The third-order valence-corrected chi connectivity index (χ3v) is 6.95. The summed E-state index contributed by atoms with van der Waals surface area (Å²) in [5.41, 5.74) is 0.919. The molecule has 0 bridgehead atoms. The fourth-order valence-corrected chi connectivity index (χ4v) is 4.97. The number of hydrogen-bond acceptors (Lipinski definition) is 6. The number of likely N-dealkylation sites (N-methyl/N-ethyl adjacent to an activating group) is 1. The van der Waals surface area contributed by atoms with Crippen LogP contribution in [0, 0.1) is 0 Å². The van der Waals surface area contributed by atoms with Crippen molar-refractivity contribution in [2.75, 3.05) is 31.6 Å². The monoisotopic (exact) mass is 389 g/mol. The smallest absolute Gasteiger partial charge is 0.238 e. The first-order chi connectivity index (χ1) is 11.6. The largest absolute Gasteiger partial charge is 0.341 e. The predicted octanol–water partition coefficient (Wildman–Crippen LogP) is -0.888. The Hall–Kier alpha value is -1.49. The Balaban J connectivity index is 1.74. The maximum Gasteiger partial charge on any atom is 0.238 e. The van der Waals surface area contributed by atoms with E-state index in [1.807, 2.05) is 0 Å².